The van der Waals surface area contributed by atoms with Crippen molar-refractivity contribution in [3.05, 3.63) is 23.7 Å². The van der Waals surface area contributed by atoms with Crippen molar-refractivity contribution in [2.24, 2.45) is 11.8 Å². The van der Waals surface area contributed by atoms with Crippen LogP contribution in [0.4, 0.5) is 0 Å². The molecule has 0 aliphatic rings. The first-order valence-corrected chi connectivity index (χ1v) is 6.27. The zero-order chi connectivity index (χ0) is 13.7. The average molecular weight is 253 g/mol. The van der Waals surface area contributed by atoms with Crippen LogP contribution >= 0.6 is 0 Å². The maximum absolute atomic E-state index is 11.6. The van der Waals surface area contributed by atoms with Gasteiger partial charge in [-0.2, -0.15) is 0 Å². The van der Waals surface area contributed by atoms with E-state index in [1.54, 1.807) is 6.07 Å². The smallest absolute Gasteiger partial charge is 0.268 e. The molecule has 0 aromatic carbocycles. The van der Waals surface area contributed by atoms with Crippen LogP contribution in [-0.2, 0) is 6.54 Å². The van der Waals surface area contributed by atoms with Crippen LogP contribution in [0.5, 0.6) is 0 Å². The number of nitrogens with one attached hydrogen (secondary N) is 1. The average Bonchev–Trinajstić information content (AvgIpc) is 2.74. The summed E-state index contributed by atoms with van der Waals surface area (Å²) in [4.78, 5) is 13.8. The lowest BCUT2D eigenvalue weighted by molar-refractivity contribution is 0.0948. The Kier molecular flexibility index (Phi) is 5.37. The highest BCUT2D eigenvalue weighted by atomic mass is 16.3. The summed E-state index contributed by atoms with van der Waals surface area (Å²) < 4.78 is 5.39. The summed E-state index contributed by atoms with van der Waals surface area (Å²) in [6.45, 7) is 10.2. The van der Waals surface area contributed by atoms with Crippen molar-refractivity contribution in [2.75, 3.05) is 6.54 Å². The van der Waals surface area contributed by atoms with Gasteiger partial charge >= 0.3 is 0 Å². The number of carbonyl (C=O) groups excluding carboxylic acids is 1. The van der Waals surface area contributed by atoms with E-state index in [0.717, 1.165) is 6.54 Å². The van der Waals surface area contributed by atoms with Crippen LogP contribution in [0.25, 0.3) is 0 Å². The molecule has 5 heteroatoms. The first kappa shape index (κ1) is 14.7. The molecule has 0 aliphatic carbocycles. The van der Waals surface area contributed by atoms with E-state index < -0.39 is 0 Å². The number of hydrazine groups is 1. The predicted molar refractivity (Wildman–Crippen MR) is 70.7 cm³/mol. The summed E-state index contributed by atoms with van der Waals surface area (Å²) in [6, 6.07) is 2.04. The number of nitrogens with two attached hydrogens (primary N) is 1. The van der Waals surface area contributed by atoms with Crippen LogP contribution in [0.1, 0.15) is 43.8 Å². The van der Waals surface area contributed by atoms with Crippen molar-refractivity contribution in [2.45, 2.75) is 40.3 Å². The fraction of sp³-hybridized carbons (Fsp3) is 0.615. The molecule has 0 atom stereocenters. The monoisotopic (exact) mass is 253 g/mol. The third-order valence-electron chi connectivity index (χ3n) is 2.80. The standard InChI is InChI=1S/C13H23N3O2/c1-9(2)7-16(10(3)4)8-12-11(5-6-18-12)13(17)15-14/h5-6,9-10H,7-8,14H2,1-4H3,(H,15,17). The van der Waals surface area contributed by atoms with Gasteiger partial charge in [0.05, 0.1) is 18.4 Å². The Morgan fingerprint density at radius 1 is 1.44 bits per heavy atom. The molecule has 5 nitrogen and oxygen atoms in total. The second-order valence-electron chi connectivity index (χ2n) is 5.15. The molecule has 3 N–H and O–H groups in total. The number of hydrogen-bond acceptors (Lipinski definition) is 4. The highest BCUT2D eigenvalue weighted by Gasteiger charge is 2.19. The molecule has 0 saturated carbocycles. The number of amides is 1. The summed E-state index contributed by atoms with van der Waals surface area (Å²) in [6.07, 6.45) is 1.52. The first-order valence-electron chi connectivity index (χ1n) is 6.27. The number of rotatable bonds is 6. The molecular weight excluding hydrogens is 230 g/mol. The highest BCUT2D eigenvalue weighted by molar-refractivity contribution is 5.94. The minimum Gasteiger partial charge on any atom is -0.467 e. The summed E-state index contributed by atoms with van der Waals surface area (Å²) in [5.74, 6) is 6.06. The van der Waals surface area contributed by atoms with Crippen LogP contribution in [0, 0.1) is 5.92 Å². The molecule has 1 aromatic heterocycles. The van der Waals surface area contributed by atoms with Gasteiger partial charge in [0, 0.05) is 12.6 Å². The summed E-state index contributed by atoms with van der Waals surface area (Å²) in [5.41, 5.74) is 2.64. The van der Waals surface area contributed by atoms with E-state index in [2.05, 4.69) is 38.0 Å². The van der Waals surface area contributed by atoms with Crippen molar-refractivity contribution in [1.82, 2.24) is 10.3 Å². The number of nitrogen functional groups attached to an aromatic ring is 1. The molecular formula is C13H23N3O2. The quantitative estimate of drug-likeness (QED) is 0.460. The normalized spacial score (nSPS) is 11.6. The van der Waals surface area contributed by atoms with Crippen molar-refractivity contribution in [3.63, 3.8) is 0 Å². The van der Waals surface area contributed by atoms with Gasteiger partial charge in [-0.25, -0.2) is 5.84 Å². The Balaban J connectivity index is 2.81. The topological polar surface area (TPSA) is 71.5 Å². The fourth-order valence-electron chi connectivity index (χ4n) is 1.85. The number of furan rings is 1. The lowest BCUT2D eigenvalue weighted by atomic mass is 10.1. The Hall–Kier alpha value is -1.33. The fourth-order valence-corrected chi connectivity index (χ4v) is 1.85. The van der Waals surface area contributed by atoms with Crippen LogP contribution < -0.4 is 11.3 Å². The van der Waals surface area contributed by atoms with Gasteiger partial charge in [0.2, 0.25) is 0 Å². The Bertz CT molecular complexity index is 385. The lowest BCUT2D eigenvalue weighted by Crippen LogP contribution is -2.35. The van der Waals surface area contributed by atoms with E-state index in [9.17, 15) is 4.79 Å². The summed E-state index contributed by atoms with van der Waals surface area (Å²) in [5, 5.41) is 0. The van der Waals surface area contributed by atoms with Crippen LogP contribution in [0.15, 0.2) is 16.7 Å². The summed E-state index contributed by atoms with van der Waals surface area (Å²) in [7, 11) is 0. The number of carbonyl (C=O) groups is 1. The minimum absolute atomic E-state index is 0.313. The molecule has 1 aromatic rings. The Morgan fingerprint density at radius 3 is 2.61 bits per heavy atom. The van der Waals surface area contributed by atoms with Gasteiger partial charge < -0.3 is 4.42 Å². The second kappa shape index (κ2) is 6.56. The Morgan fingerprint density at radius 2 is 2.11 bits per heavy atom. The van der Waals surface area contributed by atoms with Crippen molar-refractivity contribution in [1.29, 1.82) is 0 Å². The Labute approximate surface area is 108 Å². The van der Waals surface area contributed by atoms with Crippen LogP contribution in [0.3, 0.4) is 0 Å². The van der Waals surface area contributed by atoms with Gasteiger partial charge in [-0.1, -0.05) is 13.8 Å². The molecule has 0 unspecified atom stereocenters. The van der Waals surface area contributed by atoms with Crippen molar-refractivity contribution < 1.29 is 9.21 Å². The van der Waals surface area contributed by atoms with Crippen molar-refractivity contribution >= 4 is 5.91 Å². The zero-order valence-electron chi connectivity index (χ0n) is 11.6. The molecule has 0 aliphatic heterocycles. The van der Waals surface area contributed by atoms with Gasteiger partial charge in [-0.3, -0.25) is 15.1 Å². The third-order valence-corrected chi connectivity index (χ3v) is 2.80. The van der Waals surface area contributed by atoms with Gasteiger partial charge in [0.25, 0.3) is 5.91 Å². The maximum Gasteiger partial charge on any atom is 0.268 e. The largest absolute Gasteiger partial charge is 0.467 e. The molecule has 0 radical (unpaired) electrons. The number of nitrogens with zero attached hydrogens (tertiary/aromatic N) is 1. The molecule has 1 rings (SSSR count). The van der Waals surface area contributed by atoms with E-state index in [1.165, 1.54) is 6.26 Å². The van der Waals surface area contributed by atoms with Gasteiger partial charge in [-0.15, -0.1) is 0 Å². The molecule has 0 fully saturated rings. The molecule has 18 heavy (non-hydrogen) atoms. The van der Waals surface area contributed by atoms with E-state index in [4.69, 9.17) is 10.3 Å². The van der Waals surface area contributed by atoms with Crippen LogP contribution in [0.2, 0.25) is 0 Å². The van der Waals surface area contributed by atoms with E-state index in [-0.39, 0.29) is 5.91 Å². The molecule has 0 spiro atoms. The van der Waals surface area contributed by atoms with Crippen LogP contribution in [-0.4, -0.2) is 23.4 Å². The zero-order valence-corrected chi connectivity index (χ0v) is 11.6. The van der Waals surface area contributed by atoms with Gasteiger partial charge in [0.1, 0.15) is 5.76 Å². The van der Waals surface area contributed by atoms with Crippen molar-refractivity contribution in [3.8, 4) is 0 Å². The van der Waals surface area contributed by atoms with E-state index in [0.29, 0.717) is 29.8 Å². The van der Waals surface area contributed by atoms with E-state index >= 15 is 0 Å². The minimum atomic E-state index is -0.313. The lowest BCUT2D eigenvalue weighted by Gasteiger charge is -2.27. The molecule has 0 bridgehead atoms. The van der Waals surface area contributed by atoms with Gasteiger partial charge in [0.15, 0.2) is 0 Å². The van der Waals surface area contributed by atoms with E-state index in [1.807, 2.05) is 0 Å². The molecule has 1 heterocycles. The second-order valence-corrected chi connectivity index (χ2v) is 5.15. The molecule has 1 amide bonds. The molecule has 0 saturated heterocycles. The van der Waals surface area contributed by atoms with Gasteiger partial charge in [-0.05, 0) is 25.8 Å². The predicted octanol–water partition coefficient (Wildman–Crippen LogP) is 1.75. The molecule has 102 valence electrons. The summed E-state index contributed by atoms with van der Waals surface area (Å²) >= 11 is 0. The highest BCUT2D eigenvalue weighted by Crippen LogP contribution is 2.16. The first-order chi connectivity index (χ1) is 8.45. The third kappa shape index (κ3) is 3.85. The number of hydrogen-bond donors (Lipinski definition) is 2. The maximum atomic E-state index is 11.6. The SMILES string of the molecule is CC(C)CN(Cc1occc1C(=O)NN)C(C)C.